The molecule has 11 nitrogen and oxygen atoms in total. The summed E-state index contributed by atoms with van der Waals surface area (Å²) in [7, 11) is 0. The molecule has 0 aliphatic carbocycles. The Kier molecular flexibility index (Phi) is 44.1. The molecule has 0 saturated carbocycles. The van der Waals surface area contributed by atoms with Crippen LogP contribution in [0.2, 0.25) is 0 Å². The minimum Gasteiger partial charge on any atom is -0.466 e. The minimum atomic E-state index is -1.60. The van der Waals surface area contributed by atoms with Crippen molar-refractivity contribution in [2.45, 2.75) is 262 Å². The maximum Gasteiger partial charge on any atom is 0.305 e. The van der Waals surface area contributed by atoms with E-state index in [1.165, 1.54) is 103 Å². The molecule has 69 heavy (non-hydrogen) atoms. The number of carbonyl (C=O) groups excluding carboxylic acids is 2. The first-order chi connectivity index (χ1) is 33.7. The van der Waals surface area contributed by atoms with Crippen LogP contribution in [0, 0.1) is 0 Å². The van der Waals surface area contributed by atoms with E-state index in [4.69, 9.17) is 14.2 Å². The Balaban J connectivity index is 2.15. The van der Waals surface area contributed by atoms with Crippen LogP contribution < -0.4 is 5.32 Å². The van der Waals surface area contributed by atoms with Crippen molar-refractivity contribution in [3.8, 4) is 0 Å². The van der Waals surface area contributed by atoms with Crippen molar-refractivity contribution in [3.05, 3.63) is 72.9 Å². The number of hydrogen-bond acceptors (Lipinski definition) is 10. The normalized spacial score (nSPS) is 19.9. The Bertz CT molecular complexity index is 1380. The van der Waals surface area contributed by atoms with Gasteiger partial charge in [-0.2, -0.15) is 0 Å². The number of aliphatic hydroxyl groups is 5. The monoisotopic (exact) mass is 972 g/mol. The molecular formula is C58H101NO10. The highest BCUT2D eigenvalue weighted by molar-refractivity contribution is 5.76. The molecule has 1 saturated heterocycles. The molecule has 0 aromatic rings. The molecule has 7 atom stereocenters. The van der Waals surface area contributed by atoms with E-state index in [2.05, 4.69) is 67.8 Å². The maximum atomic E-state index is 12.9. The van der Waals surface area contributed by atoms with Crippen molar-refractivity contribution in [2.75, 3.05) is 19.8 Å². The zero-order valence-electron chi connectivity index (χ0n) is 43.5. The molecule has 398 valence electrons. The Morgan fingerprint density at radius 2 is 1.04 bits per heavy atom. The van der Waals surface area contributed by atoms with E-state index < -0.39 is 49.5 Å². The molecule has 0 radical (unpaired) electrons. The van der Waals surface area contributed by atoms with Crippen molar-refractivity contribution in [1.29, 1.82) is 0 Å². The van der Waals surface area contributed by atoms with E-state index in [9.17, 15) is 35.1 Å². The van der Waals surface area contributed by atoms with Gasteiger partial charge in [-0.05, 0) is 96.3 Å². The molecule has 1 heterocycles. The summed E-state index contributed by atoms with van der Waals surface area (Å²) in [5.41, 5.74) is 0. The summed E-state index contributed by atoms with van der Waals surface area (Å²) in [4.78, 5) is 25.0. The lowest BCUT2D eigenvalue weighted by Gasteiger charge is -2.40. The lowest BCUT2D eigenvalue weighted by Crippen LogP contribution is -2.60. The summed E-state index contributed by atoms with van der Waals surface area (Å²) in [6.07, 6.45) is 51.6. The summed E-state index contributed by atoms with van der Waals surface area (Å²) >= 11 is 0. The van der Waals surface area contributed by atoms with Gasteiger partial charge in [-0.25, -0.2) is 0 Å². The second kappa shape index (κ2) is 47.4. The highest BCUT2D eigenvalue weighted by Gasteiger charge is 2.44. The molecule has 0 aromatic carbocycles. The van der Waals surface area contributed by atoms with Gasteiger partial charge in [0.2, 0.25) is 5.91 Å². The number of aliphatic hydroxyl groups excluding tert-OH is 5. The van der Waals surface area contributed by atoms with Gasteiger partial charge in [0.25, 0.3) is 0 Å². The van der Waals surface area contributed by atoms with E-state index >= 15 is 0 Å². The SMILES string of the molecule is CC/C=C/CC/C=C/CC/C=C/C(O)C(COC1OC(CO)C(O)C(O)C1O)NC(=O)CC/C=C\C/C=C\CCCCCCCCOC(=O)CCCCCCCCC/C=C\CCCCCCCCC. The van der Waals surface area contributed by atoms with E-state index in [-0.39, 0.29) is 24.9 Å². The topological polar surface area (TPSA) is 175 Å². The molecule has 0 aromatic heterocycles. The Labute approximate surface area is 420 Å². The lowest BCUT2D eigenvalue weighted by atomic mass is 9.99. The average molecular weight is 972 g/mol. The van der Waals surface area contributed by atoms with Crippen molar-refractivity contribution < 1.29 is 49.3 Å². The van der Waals surface area contributed by atoms with Gasteiger partial charge in [-0.3, -0.25) is 9.59 Å². The van der Waals surface area contributed by atoms with Gasteiger partial charge < -0.3 is 45.1 Å². The highest BCUT2D eigenvalue weighted by atomic mass is 16.7. The van der Waals surface area contributed by atoms with Crippen molar-refractivity contribution in [1.82, 2.24) is 5.32 Å². The average Bonchev–Trinajstić information content (AvgIpc) is 3.34. The maximum absolute atomic E-state index is 12.9. The Morgan fingerprint density at radius 3 is 1.62 bits per heavy atom. The predicted octanol–water partition coefficient (Wildman–Crippen LogP) is 12.1. The van der Waals surface area contributed by atoms with Crippen LogP contribution in [0.5, 0.6) is 0 Å². The summed E-state index contributed by atoms with van der Waals surface area (Å²) in [6, 6.07) is -0.879. The van der Waals surface area contributed by atoms with Crippen molar-refractivity contribution in [3.63, 3.8) is 0 Å². The zero-order valence-corrected chi connectivity index (χ0v) is 43.5. The summed E-state index contributed by atoms with van der Waals surface area (Å²) in [5.74, 6) is -0.327. The molecule has 1 amide bonds. The van der Waals surface area contributed by atoms with Crippen LogP contribution in [-0.4, -0.2) is 100 Å². The zero-order chi connectivity index (χ0) is 50.3. The van der Waals surface area contributed by atoms with Crippen molar-refractivity contribution >= 4 is 11.9 Å². The standard InChI is InChI=1S/C58H101NO10/c1-3-5-7-9-11-13-15-16-17-18-19-20-23-26-30-34-38-42-46-54(63)67-47-43-39-35-31-27-24-21-22-25-29-33-37-41-45-53(62)59-50(49-68-58-57(66)56(65)55(64)52(48-60)69-58)51(61)44-40-36-32-28-14-12-10-8-6-4-2/h6,8,14,17-18,22,25,28,33,37,40,44,50-52,55-58,60-61,64-66H,3-5,7,9-13,15-16,19-21,23-24,26-27,29-32,34-36,38-39,41-43,45-49H2,1-2H3,(H,59,62)/b8-6+,18-17-,25-22-,28-14+,37-33-,44-40+. The fourth-order valence-corrected chi connectivity index (χ4v) is 8.10. The van der Waals surface area contributed by atoms with Gasteiger partial charge in [-0.1, -0.05) is 183 Å². The largest absolute Gasteiger partial charge is 0.466 e. The second-order valence-electron chi connectivity index (χ2n) is 18.9. The molecule has 6 N–H and O–H groups in total. The third-order valence-corrected chi connectivity index (χ3v) is 12.5. The molecule has 0 spiro atoms. The fourth-order valence-electron chi connectivity index (χ4n) is 8.10. The first kappa shape index (κ1) is 64.1. The number of carbonyl (C=O) groups is 2. The van der Waals surface area contributed by atoms with Crippen LogP contribution in [0.15, 0.2) is 72.9 Å². The number of hydrogen-bond donors (Lipinski definition) is 6. The predicted molar refractivity (Wildman–Crippen MR) is 283 cm³/mol. The number of ether oxygens (including phenoxy) is 3. The highest BCUT2D eigenvalue weighted by Crippen LogP contribution is 2.22. The first-order valence-electron chi connectivity index (χ1n) is 27.7. The number of nitrogens with one attached hydrogen (secondary N) is 1. The van der Waals surface area contributed by atoms with Gasteiger partial charge in [0.15, 0.2) is 6.29 Å². The Morgan fingerprint density at radius 1 is 0.551 bits per heavy atom. The summed E-state index contributed by atoms with van der Waals surface area (Å²) in [6.45, 7) is 4.08. The van der Waals surface area contributed by atoms with E-state index in [0.29, 0.717) is 25.9 Å². The van der Waals surface area contributed by atoms with Gasteiger partial charge in [0.1, 0.15) is 24.4 Å². The van der Waals surface area contributed by atoms with Crippen LogP contribution in [0.3, 0.4) is 0 Å². The van der Waals surface area contributed by atoms with Gasteiger partial charge >= 0.3 is 5.97 Å². The van der Waals surface area contributed by atoms with Gasteiger partial charge in [0, 0.05) is 12.8 Å². The molecule has 7 unspecified atom stereocenters. The number of allylic oxidation sites excluding steroid dienone is 11. The van der Waals surface area contributed by atoms with Crippen LogP contribution in [-0.2, 0) is 23.8 Å². The Hall–Kier alpha value is -2.90. The molecular weight excluding hydrogens is 871 g/mol. The molecule has 11 heteroatoms. The second-order valence-corrected chi connectivity index (χ2v) is 18.9. The van der Waals surface area contributed by atoms with E-state index in [0.717, 1.165) is 77.0 Å². The molecule has 1 fully saturated rings. The fraction of sp³-hybridized carbons (Fsp3) is 0.759. The number of amides is 1. The van der Waals surface area contributed by atoms with Crippen LogP contribution in [0.25, 0.3) is 0 Å². The van der Waals surface area contributed by atoms with Crippen LogP contribution in [0.1, 0.15) is 219 Å². The van der Waals surface area contributed by atoms with Crippen LogP contribution >= 0.6 is 0 Å². The number of rotatable bonds is 46. The quantitative estimate of drug-likeness (QED) is 0.0196. The molecule has 1 rings (SSSR count). The summed E-state index contributed by atoms with van der Waals surface area (Å²) < 4.78 is 16.6. The van der Waals surface area contributed by atoms with Crippen molar-refractivity contribution in [2.24, 2.45) is 0 Å². The smallest absolute Gasteiger partial charge is 0.305 e. The summed E-state index contributed by atoms with van der Waals surface area (Å²) in [5, 5.41) is 54.0. The molecule has 0 bridgehead atoms. The first-order valence-corrected chi connectivity index (χ1v) is 27.7. The third kappa shape index (κ3) is 37.5. The van der Waals surface area contributed by atoms with E-state index in [1.54, 1.807) is 6.08 Å². The van der Waals surface area contributed by atoms with Crippen LogP contribution in [0.4, 0.5) is 0 Å². The number of unbranched alkanes of at least 4 members (excludes halogenated alkanes) is 22. The van der Waals surface area contributed by atoms with E-state index in [1.807, 2.05) is 18.2 Å². The van der Waals surface area contributed by atoms with Gasteiger partial charge in [-0.15, -0.1) is 0 Å². The van der Waals surface area contributed by atoms with Gasteiger partial charge in [0.05, 0.1) is 32.0 Å². The minimum absolute atomic E-state index is 0.0455. The molecule has 1 aliphatic heterocycles. The molecule has 1 aliphatic rings. The lowest BCUT2D eigenvalue weighted by molar-refractivity contribution is -0.302. The number of esters is 1. The third-order valence-electron chi connectivity index (χ3n) is 12.5.